The third kappa shape index (κ3) is 4.82. The van der Waals surface area contributed by atoms with Gasteiger partial charge in [-0.15, -0.1) is 0 Å². The number of anilines is 1. The van der Waals surface area contributed by atoms with Gasteiger partial charge in [0.1, 0.15) is 0 Å². The van der Waals surface area contributed by atoms with Crippen molar-refractivity contribution >= 4 is 17.5 Å². The highest BCUT2D eigenvalue weighted by Crippen LogP contribution is 2.20. The number of nitrogens with one attached hydrogen (secondary N) is 3. The second kappa shape index (κ2) is 8.80. The molecule has 0 unspecified atom stereocenters. The molecule has 6 heteroatoms. The Hall–Kier alpha value is -3.41. The highest BCUT2D eigenvalue weighted by atomic mass is 16.2. The maximum atomic E-state index is 12.5. The first-order valence-electron chi connectivity index (χ1n) is 8.93. The minimum atomic E-state index is -0.192. The summed E-state index contributed by atoms with van der Waals surface area (Å²) in [7, 11) is 0. The molecule has 3 N–H and O–H groups in total. The summed E-state index contributed by atoms with van der Waals surface area (Å²) >= 11 is 0. The fourth-order valence-corrected chi connectivity index (χ4v) is 2.72. The maximum absolute atomic E-state index is 12.5. The van der Waals surface area contributed by atoms with Crippen molar-refractivity contribution in [3.8, 4) is 11.3 Å². The molecule has 0 fully saturated rings. The molecule has 0 aliphatic heterocycles. The average molecular weight is 362 g/mol. The quantitative estimate of drug-likeness (QED) is 0.598. The molecule has 3 rings (SSSR count). The van der Waals surface area contributed by atoms with Crippen LogP contribution in [0.3, 0.4) is 0 Å². The smallest absolute Gasteiger partial charge is 0.255 e. The van der Waals surface area contributed by atoms with Crippen LogP contribution in [0.4, 0.5) is 5.69 Å². The van der Waals surface area contributed by atoms with Gasteiger partial charge in [0.05, 0.1) is 17.5 Å². The summed E-state index contributed by atoms with van der Waals surface area (Å²) in [6.07, 6.45) is 2.85. The highest BCUT2D eigenvalue weighted by Gasteiger charge is 2.14. The number of amides is 2. The lowest BCUT2D eigenvalue weighted by Gasteiger charge is -2.08. The van der Waals surface area contributed by atoms with E-state index in [9.17, 15) is 9.59 Å². The summed E-state index contributed by atoms with van der Waals surface area (Å²) in [6.45, 7) is 2.36. The molecule has 0 radical (unpaired) electrons. The minimum absolute atomic E-state index is 0.00644. The molecule has 138 valence electrons. The first-order chi connectivity index (χ1) is 13.2. The monoisotopic (exact) mass is 362 g/mol. The van der Waals surface area contributed by atoms with Crippen molar-refractivity contribution in [2.75, 3.05) is 5.32 Å². The second-order valence-corrected chi connectivity index (χ2v) is 6.20. The van der Waals surface area contributed by atoms with Crippen LogP contribution in [0.15, 0.2) is 60.8 Å². The number of rotatable bonds is 7. The Labute approximate surface area is 158 Å². The fourth-order valence-electron chi connectivity index (χ4n) is 2.72. The summed E-state index contributed by atoms with van der Waals surface area (Å²) in [5, 5.41) is 12.6. The lowest BCUT2D eigenvalue weighted by molar-refractivity contribution is -0.116. The van der Waals surface area contributed by atoms with E-state index in [1.54, 1.807) is 0 Å². The molecular weight excluding hydrogens is 340 g/mol. The number of nitrogens with zero attached hydrogens (tertiary/aromatic N) is 1. The van der Waals surface area contributed by atoms with Crippen molar-refractivity contribution in [1.82, 2.24) is 15.5 Å². The van der Waals surface area contributed by atoms with Crippen LogP contribution in [0, 0.1) is 0 Å². The zero-order valence-electron chi connectivity index (χ0n) is 15.2. The zero-order valence-corrected chi connectivity index (χ0v) is 15.2. The lowest BCUT2D eigenvalue weighted by atomic mass is 10.1. The molecule has 0 aliphatic carbocycles. The molecule has 0 spiro atoms. The van der Waals surface area contributed by atoms with Gasteiger partial charge in [-0.2, -0.15) is 5.10 Å². The Morgan fingerprint density at radius 2 is 1.78 bits per heavy atom. The van der Waals surface area contributed by atoms with Gasteiger partial charge in [0.15, 0.2) is 0 Å². The fraction of sp³-hybridized carbons (Fsp3) is 0.190. The molecule has 1 aromatic heterocycles. The molecule has 2 amide bonds. The van der Waals surface area contributed by atoms with E-state index in [0.29, 0.717) is 24.2 Å². The molecule has 27 heavy (non-hydrogen) atoms. The van der Waals surface area contributed by atoms with E-state index in [1.165, 1.54) is 6.20 Å². The number of carbonyl (C=O) groups is 2. The zero-order chi connectivity index (χ0) is 19.1. The molecule has 1 heterocycles. The third-order valence-corrected chi connectivity index (χ3v) is 4.11. The Morgan fingerprint density at radius 1 is 1.04 bits per heavy atom. The van der Waals surface area contributed by atoms with Gasteiger partial charge < -0.3 is 10.6 Å². The van der Waals surface area contributed by atoms with Gasteiger partial charge in [0.25, 0.3) is 5.91 Å². The number of benzene rings is 2. The van der Waals surface area contributed by atoms with E-state index in [-0.39, 0.29) is 11.8 Å². The van der Waals surface area contributed by atoms with Gasteiger partial charge in [-0.3, -0.25) is 14.7 Å². The molecular formula is C21H22N4O2. The van der Waals surface area contributed by atoms with E-state index < -0.39 is 0 Å². The standard InChI is InChI=1S/C21H22N4O2/c1-2-6-19(26)24-17-11-9-15(10-12-17)13-22-21(27)18-14-23-25-20(18)16-7-4-3-5-8-16/h3-5,7-12,14H,2,6,13H2,1H3,(H,22,27)(H,23,25)(H,24,26). The van der Waals surface area contributed by atoms with Crippen LogP contribution in [0.25, 0.3) is 11.3 Å². The van der Waals surface area contributed by atoms with Crippen molar-refractivity contribution < 1.29 is 9.59 Å². The predicted molar refractivity (Wildman–Crippen MR) is 105 cm³/mol. The van der Waals surface area contributed by atoms with Crippen molar-refractivity contribution in [2.45, 2.75) is 26.3 Å². The van der Waals surface area contributed by atoms with Crippen LogP contribution in [0.1, 0.15) is 35.7 Å². The van der Waals surface area contributed by atoms with Gasteiger partial charge in [0.2, 0.25) is 5.91 Å². The van der Waals surface area contributed by atoms with Gasteiger partial charge in [-0.25, -0.2) is 0 Å². The predicted octanol–water partition coefficient (Wildman–Crippen LogP) is 3.75. The van der Waals surface area contributed by atoms with Gasteiger partial charge >= 0.3 is 0 Å². The van der Waals surface area contributed by atoms with E-state index in [4.69, 9.17) is 0 Å². The van der Waals surface area contributed by atoms with Gasteiger partial charge in [-0.1, -0.05) is 49.4 Å². The number of aromatic amines is 1. The van der Waals surface area contributed by atoms with E-state index >= 15 is 0 Å². The van der Waals surface area contributed by atoms with E-state index in [0.717, 1.165) is 23.2 Å². The van der Waals surface area contributed by atoms with Crippen LogP contribution in [0.2, 0.25) is 0 Å². The third-order valence-electron chi connectivity index (χ3n) is 4.11. The first kappa shape index (κ1) is 18.4. The molecule has 6 nitrogen and oxygen atoms in total. The lowest BCUT2D eigenvalue weighted by Crippen LogP contribution is -2.23. The van der Waals surface area contributed by atoms with Crippen LogP contribution < -0.4 is 10.6 Å². The second-order valence-electron chi connectivity index (χ2n) is 6.20. The molecule has 0 saturated heterocycles. The van der Waals surface area contributed by atoms with Crippen LogP contribution in [-0.4, -0.2) is 22.0 Å². The first-order valence-corrected chi connectivity index (χ1v) is 8.93. The topological polar surface area (TPSA) is 86.9 Å². The highest BCUT2D eigenvalue weighted by molar-refractivity contribution is 5.99. The number of H-pyrrole nitrogens is 1. The largest absolute Gasteiger partial charge is 0.348 e. The van der Waals surface area contributed by atoms with Crippen molar-refractivity contribution in [3.63, 3.8) is 0 Å². The number of aromatic nitrogens is 2. The Morgan fingerprint density at radius 3 is 2.48 bits per heavy atom. The summed E-state index contributed by atoms with van der Waals surface area (Å²) < 4.78 is 0. The SMILES string of the molecule is CCCC(=O)Nc1ccc(CNC(=O)c2cn[nH]c2-c2ccccc2)cc1. The van der Waals surface area contributed by atoms with Crippen LogP contribution >= 0.6 is 0 Å². The Bertz CT molecular complexity index is 901. The summed E-state index contributed by atoms with van der Waals surface area (Å²) in [4.78, 5) is 24.1. The van der Waals surface area contributed by atoms with Crippen LogP contribution in [0.5, 0.6) is 0 Å². The number of hydrogen-bond donors (Lipinski definition) is 3. The molecule has 0 atom stereocenters. The number of hydrogen-bond acceptors (Lipinski definition) is 3. The minimum Gasteiger partial charge on any atom is -0.348 e. The Kier molecular flexibility index (Phi) is 5.99. The van der Waals surface area contributed by atoms with Crippen LogP contribution in [-0.2, 0) is 11.3 Å². The van der Waals surface area contributed by atoms with E-state index in [2.05, 4.69) is 20.8 Å². The maximum Gasteiger partial charge on any atom is 0.255 e. The Balaban J connectivity index is 1.60. The number of carbonyl (C=O) groups excluding carboxylic acids is 2. The summed E-state index contributed by atoms with van der Waals surface area (Å²) in [5.41, 5.74) is 3.81. The summed E-state index contributed by atoms with van der Waals surface area (Å²) in [6, 6.07) is 17.0. The normalized spacial score (nSPS) is 10.4. The molecule has 0 aliphatic rings. The van der Waals surface area contributed by atoms with Crippen molar-refractivity contribution in [1.29, 1.82) is 0 Å². The van der Waals surface area contributed by atoms with Crippen molar-refractivity contribution in [3.05, 3.63) is 71.9 Å². The van der Waals surface area contributed by atoms with Crippen molar-refractivity contribution in [2.24, 2.45) is 0 Å². The molecule has 3 aromatic rings. The molecule has 2 aromatic carbocycles. The summed E-state index contributed by atoms with van der Waals surface area (Å²) in [5.74, 6) is -0.185. The van der Waals surface area contributed by atoms with Gasteiger partial charge in [0, 0.05) is 24.2 Å². The molecule has 0 bridgehead atoms. The van der Waals surface area contributed by atoms with E-state index in [1.807, 2.05) is 61.5 Å². The molecule has 0 saturated carbocycles. The van der Waals surface area contributed by atoms with Gasteiger partial charge in [-0.05, 0) is 24.1 Å². The average Bonchev–Trinajstić information content (AvgIpc) is 3.18.